The lowest BCUT2D eigenvalue weighted by atomic mass is 9.69. The number of dihydropyridines is 1. The van der Waals surface area contributed by atoms with Gasteiger partial charge in [0.25, 0.3) is 0 Å². The summed E-state index contributed by atoms with van der Waals surface area (Å²) in [5, 5.41) is 3.25. The van der Waals surface area contributed by atoms with Crippen molar-refractivity contribution in [2.45, 2.75) is 46.1 Å². The summed E-state index contributed by atoms with van der Waals surface area (Å²) in [5.41, 5.74) is 2.97. The van der Waals surface area contributed by atoms with Crippen molar-refractivity contribution in [1.29, 1.82) is 0 Å². The molecule has 160 valence electrons. The van der Waals surface area contributed by atoms with Crippen molar-refractivity contribution in [3.8, 4) is 0 Å². The van der Waals surface area contributed by atoms with E-state index in [-0.39, 0.29) is 17.8 Å². The van der Waals surface area contributed by atoms with Gasteiger partial charge >= 0.3 is 11.9 Å². The first-order chi connectivity index (χ1) is 14.2. The van der Waals surface area contributed by atoms with E-state index >= 15 is 0 Å². The van der Waals surface area contributed by atoms with Crippen molar-refractivity contribution in [2.75, 3.05) is 7.11 Å². The van der Waals surface area contributed by atoms with E-state index in [1.807, 2.05) is 38.1 Å². The second kappa shape index (κ2) is 8.76. The molecule has 1 aliphatic carbocycles. The maximum Gasteiger partial charge on any atom is 0.337 e. The van der Waals surface area contributed by atoms with Crippen molar-refractivity contribution >= 4 is 33.7 Å². The summed E-state index contributed by atoms with van der Waals surface area (Å²) in [5.74, 6) is -3.11. The summed E-state index contributed by atoms with van der Waals surface area (Å²) in [6, 6.07) is 7.47. The van der Waals surface area contributed by atoms with Gasteiger partial charge in [0, 0.05) is 27.4 Å². The van der Waals surface area contributed by atoms with Crippen LogP contribution in [0.3, 0.4) is 0 Å². The van der Waals surface area contributed by atoms with Crippen molar-refractivity contribution in [1.82, 2.24) is 5.32 Å². The van der Waals surface area contributed by atoms with E-state index in [0.717, 1.165) is 15.7 Å². The molecule has 1 N–H and O–H groups in total. The van der Waals surface area contributed by atoms with Crippen LogP contribution in [0.4, 0.5) is 0 Å². The third-order valence-electron chi connectivity index (χ3n) is 5.52. The first-order valence-corrected chi connectivity index (χ1v) is 10.7. The molecule has 3 atom stereocenters. The SMILES string of the molecule is COC(=O)[C@@H]1C(=O)C2=C(C[C@H]1C)NC(C)=C(C(=O)OC(C)C)[C@@H]2c1ccccc1Br. The Hall–Kier alpha value is -2.41. The van der Waals surface area contributed by atoms with Gasteiger partial charge in [0.05, 0.1) is 18.8 Å². The number of hydrogen-bond acceptors (Lipinski definition) is 6. The van der Waals surface area contributed by atoms with E-state index in [2.05, 4.69) is 21.2 Å². The molecule has 0 aromatic heterocycles. The molecule has 30 heavy (non-hydrogen) atoms. The molecule has 0 fully saturated rings. The maximum atomic E-state index is 13.6. The van der Waals surface area contributed by atoms with E-state index in [4.69, 9.17) is 9.47 Å². The zero-order chi connectivity index (χ0) is 22.2. The molecule has 3 rings (SSSR count). The first-order valence-electron chi connectivity index (χ1n) is 9.95. The lowest BCUT2D eigenvalue weighted by Gasteiger charge is -2.38. The van der Waals surface area contributed by atoms with Crippen LogP contribution in [0.1, 0.15) is 45.6 Å². The molecule has 2 aliphatic rings. The quantitative estimate of drug-likeness (QED) is 0.523. The number of ketones is 1. The number of carbonyl (C=O) groups is 3. The molecule has 7 heteroatoms. The van der Waals surface area contributed by atoms with Crippen molar-refractivity contribution < 1.29 is 23.9 Å². The second-order valence-corrected chi connectivity index (χ2v) is 8.87. The fraction of sp³-hybridized carbons (Fsp3) is 0.435. The Kier molecular flexibility index (Phi) is 6.50. The number of esters is 2. The Morgan fingerprint density at radius 3 is 2.50 bits per heavy atom. The second-order valence-electron chi connectivity index (χ2n) is 8.01. The third-order valence-corrected chi connectivity index (χ3v) is 6.24. The summed E-state index contributed by atoms with van der Waals surface area (Å²) in [7, 11) is 1.28. The molecule has 0 spiro atoms. The largest absolute Gasteiger partial charge is 0.468 e. The van der Waals surface area contributed by atoms with Crippen LogP contribution >= 0.6 is 15.9 Å². The Morgan fingerprint density at radius 2 is 1.90 bits per heavy atom. The molecule has 1 heterocycles. The predicted molar refractivity (Wildman–Crippen MR) is 115 cm³/mol. The van der Waals surface area contributed by atoms with Gasteiger partial charge in [-0.1, -0.05) is 41.1 Å². The Morgan fingerprint density at radius 1 is 1.23 bits per heavy atom. The highest BCUT2D eigenvalue weighted by Crippen LogP contribution is 2.47. The van der Waals surface area contributed by atoms with E-state index in [9.17, 15) is 14.4 Å². The number of hydrogen-bond donors (Lipinski definition) is 1. The molecule has 1 aliphatic heterocycles. The van der Waals surface area contributed by atoms with Crippen LogP contribution in [-0.4, -0.2) is 30.9 Å². The molecule has 1 aromatic carbocycles. The van der Waals surface area contributed by atoms with Crippen LogP contribution in [-0.2, 0) is 23.9 Å². The van der Waals surface area contributed by atoms with Crippen LogP contribution in [0.5, 0.6) is 0 Å². The Bertz CT molecular complexity index is 962. The molecular weight excluding hydrogens is 450 g/mol. The molecule has 0 bridgehead atoms. The van der Waals surface area contributed by atoms with Crippen LogP contribution in [0, 0.1) is 11.8 Å². The van der Waals surface area contributed by atoms with Crippen molar-refractivity contribution in [3.63, 3.8) is 0 Å². The van der Waals surface area contributed by atoms with E-state index in [0.29, 0.717) is 23.3 Å². The lowest BCUT2D eigenvalue weighted by molar-refractivity contribution is -0.151. The van der Waals surface area contributed by atoms with Crippen LogP contribution in [0.25, 0.3) is 0 Å². The predicted octanol–water partition coefficient (Wildman–Crippen LogP) is 4.01. The van der Waals surface area contributed by atoms with Gasteiger partial charge in [-0.25, -0.2) is 4.79 Å². The minimum atomic E-state index is -0.902. The number of nitrogens with one attached hydrogen (secondary N) is 1. The summed E-state index contributed by atoms with van der Waals surface area (Å²) in [6.45, 7) is 7.23. The topological polar surface area (TPSA) is 81.7 Å². The fourth-order valence-corrected chi connectivity index (χ4v) is 4.76. The molecular formula is C23H26BrNO5. The molecule has 0 amide bonds. The normalized spacial score (nSPS) is 23.8. The highest BCUT2D eigenvalue weighted by atomic mass is 79.9. The van der Waals surface area contributed by atoms with E-state index in [1.165, 1.54) is 7.11 Å². The summed E-state index contributed by atoms with van der Waals surface area (Å²) >= 11 is 3.56. The van der Waals surface area contributed by atoms with Gasteiger partial charge in [-0.3, -0.25) is 9.59 Å². The minimum Gasteiger partial charge on any atom is -0.468 e. The van der Waals surface area contributed by atoms with Gasteiger partial charge in [-0.15, -0.1) is 0 Å². The number of methoxy groups -OCH3 is 1. The zero-order valence-electron chi connectivity index (χ0n) is 17.7. The van der Waals surface area contributed by atoms with Gasteiger partial charge in [-0.05, 0) is 44.7 Å². The van der Waals surface area contributed by atoms with Crippen LogP contribution < -0.4 is 5.32 Å². The lowest BCUT2D eigenvalue weighted by Crippen LogP contribution is -2.43. The zero-order valence-corrected chi connectivity index (χ0v) is 19.3. The maximum absolute atomic E-state index is 13.6. The monoisotopic (exact) mass is 475 g/mol. The Labute approximate surface area is 184 Å². The van der Waals surface area contributed by atoms with E-state index < -0.39 is 23.8 Å². The first kappa shape index (κ1) is 22.3. The smallest absolute Gasteiger partial charge is 0.337 e. The number of halogens is 1. The standard InChI is InChI=1S/C23H26BrNO5/c1-11(2)30-23(28)18-13(4)25-16-10-12(3)17(22(27)29-5)21(26)20(16)19(18)14-8-6-7-9-15(14)24/h6-9,11-12,17,19,25H,10H2,1-5H3/t12-,17+,19+/m1/s1. The molecule has 1 aromatic rings. The van der Waals surface area contributed by atoms with Gasteiger partial charge in [0.1, 0.15) is 5.92 Å². The number of allylic oxidation sites excluding steroid dienone is 3. The number of benzene rings is 1. The van der Waals surface area contributed by atoms with E-state index in [1.54, 1.807) is 13.8 Å². The highest BCUT2D eigenvalue weighted by molar-refractivity contribution is 9.10. The average Bonchev–Trinajstić information content (AvgIpc) is 2.66. The number of carbonyl (C=O) groups excluding carboxylic acids is 3. The van der Waals surface area contributed by atoms with Crippen LogP contribution in [0.2, 0.25) is 0 Å². The molecule has 0 unspecified atom stereocenters. The van der Waals surface area contributed by atoms with Gasteiger partial charge < -0.3 is 14.8 Å². The third kappa shape index (κ3) is 3.95. The molecule has 6 nitrogen and oxygen atoms in total. The molecule has 0 radical (unpaired) electrons. The Balaban J connectivity index is 2.21. The minimum absolute atomic E-state index is 0.215. The fourth-order valence-electron chi connectivity index (χ4n) is 4.25. The number of ether oxygens (including phenoxy) is 2. The summed E-state index contributed by atoms with van der Waals surface area (Å²) in [6.07, 6.45) is 0.198. The van der Waals surface area contributed by atoms with Crippen molar-refractivity contribution in [2.24, 2.45) is 11.8 Å². The molecule has 0 saturated heterocycles. The highest BCUT2D eigenvalue weighted by Gasteiger charge is 2.47. The van der Waals surface area contributed by atoms with Gasteiger partial charge in [-0.2, -0.15) is 0 Å². The van der Waals surface area contributed by atoms with Crippen LogP contribution in [0.15, 0.2) is 51.3 Å². The average molecular weight is 476 g/mol. The summed E-state index contributed by atoms with van der Waals surface area (Å²) in [4.78, 5) is 39.0. The van der Waals surface area contributed by atoms with Gasteiger partial charge in [0.15, 0.2) is 5.78 Å². The molecule has 0 saturated carbocycles. The summed E-state index contributed by atoms with van der Waals surface area (Å²) < 4.78 is 11.2. The number of Topliss-reactive ketones (excluding diaryl/α,β-unsaturated/α-hetero) is 1. The van der Waals surface area contributed by atoms with Gasteiger partial charge in [0.2, 0.25) is 0 Å². The van der Waals surface area contributed by atoms with Crippen molar-refractivity contribution in [3.05, 3.63) is 56.8 Å². The number of rotatable bonds is 4.